The molecular weight excluding hydrogens is 286 g/mol. The van der Waals surface area contributed by atoms with Crippen LogP contribution in [0.15, 0.2) is 36.4 Å². The highest BCUT2D eigenvalue weighted by atomic mass is 35.5. The van der Waals surface area contributed by atoms with Gasteiger partial charge in [-0.05, 0) is 55.6 Å². The average Bonchev–Trinajstić information content (AvgIpc) is 2.94. The highest BCUT2D eigenvalue weighted by Gasteiger charge is 2.13. The van der Waals surface area contributed by atoms with Gasteiger partial charge in [0, 0.05) is 20.8 Å². The SMILES string of the molecule is CCCNC(Cc1ccc(Cl)cc1)c1ccc(CC)s1. The zero-order valence-electron chi connectivity index (χ0n) is 12.2. The van der Waals surface area contributed by atoms with Crippen LogP contribution >= 0.6 is 22.9 Å². The van der Waals surface area contributed by atoms with E-state index in [0.29, 0.717) is 6.04 Å². The summed E-state index contributed by atoms with van der Waals surface area (Å²) in [5.41, 5.74) is 1.33. The van der Waals surface area contributed by atoms with Gasteiger partial charge in [0.1, 0.15) is 0 Å². The van der Waals surface area contributed by atoms with Crippen LogP contribution in [0.5, 0.6) is 0 Å². The standard InChI is InChI=1S/C17H22ClNS/c1-3-11-19-16(17-10-9-15(4-2)20-17)12-13-5-7-14(18)8-6-13/h5-10,16,19H,3-4,11-12H2,1-2H3. The molecule has 1 unspecified atom stereocenters. The van der Waals surface area contributed by atoms with E-state index >= 15 is 0 Å². The Balaban J connectivity index is 2.12. The van der Waals surface area contributed by atoms with Crippen LogP contribution in [-0.4, -0.2) is 6.54 Å². The Labute approximate surface area is 131 Å². The molecule has 3 heteroatoms. The maximum atomic E-state index is 5.96. The van der Waals surface area contributed by atoms with Gasteiger partial charge in [-0.25, -0.2) is 0 Å². The van der Waals surface area contributed by atoms with Crippen LogP contribution in [0.1, 0.15) is 41.6 Å². The number of hydrogen-bond acceptors (Lipinski definition) is 2. The zero-order chi connectivity index (χ0) is 14.4. The Hall–Kier alpha value is -0.830. The van der Waals surface area contributed by atoms with E-state index in [1.54, 1.807) is 0 Å². The van der Waals surface area contributed by atoms with Crippen LogP contribution in [0.4, 0.5) is 0 Å². The number of rotatable bonds is 7. The fourth-order valence-electron chi connectivity index (χ4n) is 2.22. The first-order valence-electron chi connectivity index (χ1n) is 7.29. The minimum Gasteiger partial charge on any atom is -0.309 e. The summed E-state index contributed by atoms with van der Waals surface area (Å²) in [6.07, 6.45) is 3.29. The Kier molecular flexibility index (Phi) is 6.08. The molecule has 0 amide bonds. The van der Waals surface area contributed by atoms with Crippen molar-refractivity contribution in [1.29, 1.82) is 0 Å². The van der Waals surface area contributed by atoms with Gasteiger partial charge in [-0.1, -0.05) is 37.6 Å². The number of benzene rings is 1. The first-order valence-corrected chi connectivity index (χ1v) is 8.48. The Morgan fingerprint density at radius 1 is 1.10 bits per heavy atom. The van der Waals surface area contributed by atoms with E-state index < -0.39 is 0 Å². The van der Waals surface area contributed by atoms with Gasteiger partial charge >= 0.3 is 0 Å². The zero-order valence-corrected chi connectivity index (χ0v) is 13.7. The molecule has 0 aliphatic carbocycles. The van der Waals surface area contributed by atoms with Crippen molar-refractivity contribution in [3.05, 3.63) is 56.7 Å². The summed E-state index contributed by atoms with van der Waals surface area (Å²) < 4.78 is 0. The highest BCUT2D eigenvalue weighted by Crippen LogP contribution is 2.27. The third-order valence-corrected chi connectivity index (χ3v) is 4.96. The van der Waals surface area contributed by atoms with Gasteiger partial charge in [-0.3, -0.25) is 0 Å². The van der Waals surface area contributed by atoms with E-state index in [9.17, 15) is 0 Å². The summed E-state index contributed by atoms with van der Waals surface area (Å²) in [6.45, 7) is 5.47. The molecule has 0 saturated carbocycles. The second-order valence-electron chi connectivity index (χ2n) is 4.99. The number of thiophene rings is 1. The topological polar surface area (TPSA) is 12.0 Å². The van der Waals surface area contributed by atoms with Crippen molar-refractivity contribution in [1.82, 2.24) is 5.32 Å². The maximum absolute atomic E-state index is 5.96. The second-order valence-corrected chi connectivity index (χ2v) is 6.63. The summed E-state index contributed by atoms with van der Waals surface area (Å²) in [5.74, 6) is 0. The van der Waals surface area contributed by atoms with Crippen molar-refractivity contribution in [3.63, 3.8) is 0 Å². The molecule has 1 atom stereocenters. The molecule has 0 fully saturated rings. The highest BCUT2D eigenvalue weighted by molar-refractivity contribution is 7.12. The van der Waals surface area contributed by atoms with Gasteiger partial charge in [0.15, 0.2) is 0 Å². The summed E-state index contributed by atoms with van der Waals surface area (Å²) in [6, 6.07) is 13.1. The van der Waals surface area contributed by atoms with Gasteiger partial charge in [0.05, 0.1) is 0 Å². The van der Waals surface area contributed by atoms with Crippen molar-refractivity contribution in [3.8, 4) is 0 Å². The fraction of sp³-hybridized carbons (Fsp3) is 0.412. The molecule has 0 aliphatic heterocycles. The summed E-state index contributed by atoms with van der Waals surface area (Å²) in [4.78, 5) is 2.89. The molecule has 1 aromatic carbocycles. The van der Waals surface area contributed by atoms with E-state index in [-0.39, 0.29) is 0 Å². The molecular formula is C17H22ClNS. The summed E-state index contributed by atoms with van der Waals surface area (Å²) in [7, 11) is 0. The largest absolute Gasteiger partial charge is 0.309 e. The van der Waals surface area contributed by atoms with Crippen LogP contribution in [0, 0.1) is 0 Å². The van der Waals surface area contributed by atoms with Gasteiger partial charge in [-0.2, -0.15) is 0 Å². The third-order valence-electron chi connectivity index (χ3n) is 3.37. The number of hydrogen-bond donors (Lipinski definition) is 1. The number of nitrogens with one attached hydrogen (secondary N) is 1. The third kappa shape index (κ3) is 4.34. The molecule has 108 valence electrons. The molecule has 1 N–H and O–H groups in total. The lowest BCUT2D eigenvalue weighted by molar-refractivity contribution is 0.536. The molecule has 1 nitrogen and oxygen atoms in total. The predicted molar refractivity (Wildman–Crippen MR) is 89.9 cm³/mol. The first kappa shape index (κ1) is 15.6. The van der Waals surface area contributed by atoms with E-state index in [4.69, 9.17) is 11.6 Å². The lowest BCUT2D eigenvalue weighted by Gasteiger charge is -2.17. The lowest BCUT2D eigenvalue weighted by atomic mass is 10.0. The normalized spacial score (nSPS) is 12.6. The summed E-state index contributed by atoms with van der Waals surface area (Å²) >= 11 is 7.88. The molecule has 1 heterocycles. The predicted octanol–water partition coefficient (Wildman–Crippen LogP) is 5.25. The van der Waals surface area contributed by atoms with Crippen molar-refractivity contribution >= 4 is 22.9 Å². The van der Waals surface area contributed by atoms with Gasteiger partial charge in [-0.15, -0.1) is 11.3 Å². The molecule has 1 aromatic heterocycles. The smallest absolute Gasteiger partial charge is 0.0455 e. The molecule has 0 bridgehead atoms. The van der Waals surface area contributed by atoms with Crippen LogP contribution < -0.4 is 5.32 Å². The van der Waals surface area contributed by atoms with Crippen molar-refractivity contribution in [2.75, 3.05) is 6.54 Å². The molecule has 0 aliphatic rings. The molecule has 0 saturated heterocycles. The van der Waals surface area contributed by atoms with Gasteiger partial charge in [0.2, 0.25) is 0 Å². The Morgan fingerprint density at radius 3 is 2.45 bits per heavy atom. The Morgan fingerprint density at radius 2 is 1.85 bits per heavy atom. The first-order chi connectivity index (χ1) is 9.72. The van der Waals surface area contributed by atoms with Crippen molar-refractivity contribution in [2.24, 2.45) is 0 Å². The molecule has 2 rings (SSSR count). The average molecular weight is 308 g/mol. The van der Waals surface area contributed by atoms with E-state index in [1.165, 1.54) is 15.3 Å². The van der Waals surface area contributed by atoms with Gasteiger partial charge in [0.25, 0.3) is 0 Å². The fourth-order valence-corrected chi connectivity index (χ4v) is 3.37. The van der Waals surface area contributed by atoms with Gasteiger partial charge < -0.3 is 5.32 Å². The van der Waals surface area contributed by atoms with E-state index in [0.717, 1.165) is 30.8 Å². The quantitative estimate of drug-likeness (QED) is 0.737. The van der Waals surface area contributed by atoms with Crippen LogP contribution in [0.25, 0.3) is 0 Å². The van der Waals surface area contributed by atoms with Crippen molar-refractivity contribution < 1.29 is 0 Å². The molecule has 0 radical (unpaired) electrons. The second kappa shape index (κ2) is 7.82. The van der Waals surface area contributed by atoms with Crippen LogP contribution in [0.3, 0.4) is 0 Å². The molecule has 20 heavy (non-hydrogen) atoms. The minimum absolute atomic E-state index is 0.404. The Bertz CT molecular complexity index is 518. The number of aryl methyl sites for hydroxylation is 1. The molecule has 2 aromatic rings. The van der Waals surface area contributed by atoms with E-state index in [1.807, 2.05) is 23.5 Å². The minimum atomic E-state index is 0.404. The number of halogens is 1. The lowest BCUT2D eigenvalue weighted by Crippen LogP contribution is -2.23. The van der Waals surface area contributed by atoms with Crippen LogP contribution in [0.2, 0.25) is 5.02 Å². The monoisotopic (exact) mass is 307 g/mol. The molecule has 0 spiro atoms. The van der Waals surface area contributed by atoms with Crippen molar-refractivity contribution in [2.45, 2.75) is 39.2 Å². The van der Waals surface area contributed by atoms with Crippen LogP contribution in [-0.2, 0) is 12.8 Å². The summed E-state index contributed by atoms with van der Waals surface area (Å²) in [5, 5.41) is 4.47. The van der Waals surface area contributed by atoms with E-state index in [2.05, 4.69) is 43.4 Å². The maximum Gasteiger partial charge on any atom is 0.0455 e.